The molecule has 6 nitrogen and oxygen atoms in total. The molecule has 0 bridgehead atoms. The van der Waals surface area contributed by atoms with E-state index in [-0.39, 0.29) is 11.9 Å². The Bertz CT molecular complexity index is 935. The molecule has 140 valence electrons. The molecule has 1 atom stereocenters. The number of carbonyl (C=O) groups excluding carboxylic acids is 1. The number of hydrogen-bond acceptors (Lipinski definition) is 5. The summed E-state index contributed by atoms with van der Waals surface area (Å²) in [4.78, 5) is 12.4. The third-order valence-corrected chi connectivity index (χ3v) is 6.05. The highest BCUT2D eigenvalue weighted by atomic mass is 32.2. The summed E-state index contributed by atoms with van der Waals surface area (Å²) < 4.78 is 1.89. The van der Waals surface area contributed by atoms with Crippen molar-refractivity contribution >= 4 is 28.4 Å². The molecule has 1 saturated carbocycles. The predicted octanol–water partition coefficient (Wildman–Crippen LogP) is 3.91. The lowest BCUT2D eigenvalue weighted by molar-refractivity contribution is -0.119. The average Bonchev–Trinajstić information content (AvgIpc) is 3.37. The van der Waals surface area contributed by atoms with E-state index in [4.69, 9.17) is 0 Å². The minimum atomic E-state index is -0.0477. The maximum atomic E-state index is 12.4. The molecule has 0 saturated heterocycles. The fourth-order valence-electron chi connectivity index (χ4n) is 3.63. The number of carbonyl (C=O) groups is 1. The third kappa shape index (κ3) is 4.13. The lowest BCUT2D eigenvalue weighted by Crippen LogP contribution is -2.28. The van der Waals surface area contributed by atoms with Crippen molar-refractivity contribution in [3.8, 4) is 0 Å². The predicted molar refractivity (Wildman–Crippen MR) is 107 cm³/mol. The van der Waals surface area contributed by atoms with Crippen LogP contribution in [0.2, 0.25) is 0 Å². The van der Waals surface area contributed by atoms with Crippen molar-refractivity contribution in [2.75, 3.05) is 5.75 Å². The molecule has 1 aliphatic rings. The van der Waals surface area contributed by atoms with E-state index in [1.54, 1.807) is 0 Å². The smallest absolute Gasteiger partial charge is 0.230 e. The summed E-state index contributed by atoms with van der Waals surface area (Å²) in [5, 5.41) is 18.2. The molecular formula is C20H23N5OS. The van der Waals surface area contributed by atoms with Gasteiger partial charge < -0.3 is 5.32 Å². The fraction of sp³-hybridized carbons (Fsp3) is 0.400. The van der Waals surface area contributed by atoms with Crippen molar-refractivity contribution < 1.29 is 4.79 Å². The maximum Gasteiger partial charge on any atom is 0.230 e. The summed E-state index contributed by atoms with van der Waals surface area (Å²) in [6.45, 7) is 2.01. The molecule has 0 radical (unpaired) electrons. The van der Waals surface area contributed by atoms with Gasteiger partial charge in [0.15, 0.2) is 0 Å². The molecule has 1 aromatic heterocycles. The first-order chi connectivity index (χ1) is 13.2. The molecule has 1 N–H and O–H groups in total. The zero-order chi connectivity index (χ0) is 18.6. The SMILES string of the molecule is C[C@@H](NC(=O)CSc1nnnn1C1CCCC1)c1ccc2ccccc2c1. The number of fused-ring (bicyclic) bond motifs is 1. The Morgan fingerprint density at radius 3 is 2.81 bits per heavy atom. The summed E-state index contributed by atoms with van der Waals surface area (Å²) in [5.41, 5.74) is 1.10. The van der Waals surface area contributed by atoms with Gasteiger partial charge in [0.05, 0.1) is 17.8 Å². The number of amides is 1. The Hall–Kier alpha value is -2.41. The number of thioether (sulfide) groups is 1. The molecule has 0 aliphatic heterocycles. The van der Waals surface area contributed by atoms with Gasteiger partial charge in [-0.15, -0.1) is 5.10 Å². The van der Waals surface area contributed by atoms with Gasteiger partial charge in [0, 0.05) is 0 Å². The number of rotatable bonds is 6. The highest BCUT2D eigenvalue weighted by molar-refractivity contribution is 7.99. The Kier molecular flexibility index (Phi) is 5.38. The second kappa shape index (κ2) is 8.08. The van der Waals surface area contributed by atoms with Crippen molar-refractivity contribution in [2.45, 2.75) is 49.8 Å². The van der Waals surface area contributed by atoms with Crippen molar-refractivity contribution in [3.05, 3.63) is 48.0 Å². The summed E-state index contributed by atoms with van der Waals surface area (Å²) in [7, 11) is 0. The summed E-state index contributed by atoms with van der Waals surface area (Å²) in [6.07, 6.45) is 4.67. The molecule has 1 heterocycles. The van der Waals surface area contributed by atoms with Gasteiger partial charge in [-0.2, -0.15) is 0 Å². The van der Waals surface area contributed by atoms with Crippen LogP contribution < -0.4 is 5.32 Å². The first kappa shape index (κ1) is 18.0. The molecule has 7 heteroatoms. The number of nitrogens with zero attached hydrogens (tertiary/aromatic N) is 4. The van der Waals surface area contributed by atoms with E-state index in [9.17, 15) is 4.79 Å². The van der Waals surface area contributed by atoms with Crippen LogP contribution in [-0.4, -0.2) is 31.9 Å². The molecule has 4 rings (SSSR count). The van der Waals surface area contributed by atoms with Crippen LogP contribution in [-0.2, 0) is 4.79 Å². The van der Waals surface area contributed by atoms with Crippen LogP contribution >= 0.6 is 11.8 Å². The monoisotopic (exact) mass is 381 g/mol. The normalized spacial score (nSPS) is 15.9. The van der Waals surface area contributed by atoms with Crippen LogP contribution in [0.15, 0.2) is 47.6 Å². The van der Waals surface area contributed by atoms with E-state index < -0.39 is 0 Å². The van der Waals surface area contributed by atoms with Crippen molar-refractivity contribution in [1.82, 2.24) is 25.5 Å². The van der Waals surface area contributed by atoms with Crippen molar-refractivity contribution in [2.24, 2.45) is 0 Å². The van der Waals surface area contributed by atoms with E-state index in [0.29, 0.717) is 11.8 Å². The van der Waals surface area contributed by atoms with E-state index in [1.165, 1.54) is 35.4 Å². The molecule has 2 aromatic carbocycles. The minimum absolute atomic E-state index is 0.0124. The number of aromatic nitrogens is 4. The van der Waals surface area contributed by atoms with Gasteiger partial charge in [-0.25, -0.2) is 4.68 Å². The van der Waals surface area contributed by atoms with Crippen LogP contribution in [0.1, 0.15) is 50.3 Å². The van der Waals surface area contributed by atoms with E-state index >= 15 is 0 Å². The highest BCUT2D eigenvalue weighted by Gasteiger charge is 2.22. The van der Waals surface area contributed by atoms with Crippen molar-refractivity contribution in [3.63, 3.8) is 0 Å². The second-order valence-electron chi connectivity index (χ2n) is 7.03. The summed E-state index contributed by atoms with van der Waals surface area (Å²) in [6, 6.07) is 14.9. The Labute approximate surface area is 162 Å². The largest absolute Gasteiger partial charge is 0.349 e. The lowest BCUT2D eigenvalue weighted by Gasteiger charge is -2.15. The molecule has 0 unspecified atom stereocenters. The zero-order valence-corrected chi connectivity index (χ0v) is 16.2. The van der Waals surface area contributed by atoms with Gasteiger partial charge in [0.25, 0.3) is 0 Å². The van der Waals surface area contributed by atoms with E-state index in [2.05, 4.69) is 51.2 Å². The van der Waals surface area contributed by atoms with Gasteiger partial charge in [-0.3, -0.25) is 4.79 Å². The molecule has 27 heavy (non-hydrogen) atoms. The van der Waals surface area contributed by atoms with Crippen molar-refractivity contribution in [1.29, 1.82) is 0 Å². The minimum Gasteiger partial charge on any atom is -0.349 e. The highest BCUT2D eigenvalue weighted by Crippen LogP contribution is 2.31. The standard InChI is InChI=1S/C20H23N5OS/c1-14(16-11-10-15-6-2-3-7-17(15)12-16)21-19(26)13-27-20-22-23-24-25(20)18-8-4-5-9-18/h2-3,6-7,10-12,14,18H,4-5,8-9,13H2,1H3,(H,21,26)/t14-/m1/s1. The second-order valence-corrected chi connectivity index (χ2v) is 7.97. The molecule has 0 spiro atoms. The summed E-state index contributed by atoms with van der Waals surface area (Å²) >= 11 is 1.40. The average molecular weight is 382 g/mol. The van der Waals surface area contributed by atoms with Crippen LogP contribution in [0.3, 0.4) is 0 Å². The Balaban J connectivity index is 1.35. The third-order valence-electron chi connectivity index (χ3n) is 5.12. The fourth-order valence-corrected chi connectivity index (χ4v) is 4.39. The topological polar surface area (TPSA) is 72.7 Å². The number of hydrogen-bond donors (Lipinski definition) is 1. The van der Waals surface area contributed by atoms with Crippen LogP contribution in [0, 0.1) is 0 Å². The van der Waals surface area contributed by atoms with Gasteiger partial charge in [-0.05, 0) is 52.6 Å². The van der Waals surface area contributed by atoms with E-state index in [0.717, 1.165) is 23.6 Å². The molecule has 1 fully saturated rings. The van der Waals surface area contributed by atoms with Crippen LogP contribution in [0.4, 0.5) is 0 Å². The molecule has 3 aromatic rings. The van der Waals surface area contributed by atoms with Gasteiger partial charge in [0.2, 0.25) is 11.1 Å². The summed E-state index contributed by atoms with van der Waals surface area (Å²) in [5.74, 6) is 0.298. The molecular weight excluding hydrogens is 358 g/mol. The van der Waals surface area contributed by atoms with Gasteiger partial charge >= 0.3 is 0 Å². The first-order valence-corrected chi connectivity index (χ1v) is 10.4. The van der Waals surface area contributed by atoms with E-state index in [1.807, 2.05) is 23.7 Å². The Morgan fingerprint density at radius 1 is 1.22 bits per heavy atom. The number of nitrogens with one attached hydrogen (secondary N) is 1. The quantitative estimate of drug-likeness (QED) is 0.656. The first-order valence-electron chi connectivity index (χ1n) is 9.39. The number of benzene rings is 2. The maximum absolute atomic E-state index is 12.4. The zero-order valence-electron chi connectivity index (χ0n) is 15.3. The lowest BCUT2D eigenvalue weighted by atomic mass is 10.0. The Morgan fingerprint density at radius 2 is 2.00 bits per heavy atom. The van der Waals surface area contributed by atoms with Crippen LogP contribution in [0.25, 0.3) is 10.8 Å². The molecule has 1 aliphatic carbocycles. The van der Waals surface area contributed by atoms with Crippen LogP contribution in [0.5, 0.6) is 0 Å². The van der Waals surface area contributed by atoms with Gasteiger partial charge in [-0.1, -0.05) is 61.0 Å². The number of tetrazole rings is 1. The van der Waals surface area contributed by atoms with Gasteiger partial charge in [0.1, 0.15) is 0 Å². The molecule has 1 amide bonds.